The predicted octanol–water partition coefficient (Wildman–Crippen LogP) is 12.7. The highest BCUT2D eigenvalue weighted by Gasteiger charge is 2.28. The molecule has 0 bridgehead atoms. The SMILES string of the molecule is CCCCCCCCc1ccc(OP(=S)(Oc2ccc(CCCCCCCC)cc2)SC(C)c2ccccc2)cc1. The summed E-state index contributed by atoms with van der Waals surface area (Å²) < 4.78 is 13.1. The van der Waals surface area contributed by atoms with Gasteiger partial charge in [-0.05, 0) is 96.8 Å². The summed E-state index contributed by atoms with van der Waals surface area (Å²) >= 11 is 7.80. The summed E-state index contributed by atoms with van der Waals surface area (Å²) in [6.07, 6.45) is 18.0. The molecule has 5 heteroatoms. The Morgan fingerprint density at radius 1 is 0.585 bits per heavy atom. The van der Waals surface area contributed by atoms with E-state index in [2.05, 4.69) is 93.6 Å². The van der Waals surface area contributed by atoms with Crippen LogP contribution >= 0.6 is 17.1 Å². The van der Waals surface area contributed by atoms with Crippen molar-refractivity contribution in [1.29, 1.82) is 0 Å². The topological polar surface area (TPSA) is 18.5 Å². The van der Waals surface area contributed by atoms with Gasteiger partial charge in [-0.3, -0.25) is 0 Å². The summed E-state index contributed by atoms with van der Waals surface area (Å²) in [6.45, 7) is 6.72. The molecular weight excluding hydrogens is 560 g/mol. The molecule has 0 aliphatic heterocycles. The van der Waals surface area contributed by atoms with E-state index >= 15 is 0 Å². The van der Waals surface area contributed by atoms with Gasteiger partial charge in [0.1, 0.15) is 11.5 Å². The lowest BCUT2D eigenvalue weighted by atomic mass is 10.1. The minimum atomic E-state index is -2.74. The highest BCUT2D eigenvalue weighted by atomic mass is 32.9. The maximum atomic E-state index is 6.53. The molecular formula is C36H51O2PS2. The van der Waals surface area contributed by atoms with Gasteiger partial charge in [-0.15, -0.1) is 0 Å². The molecule has 1 atom stereocenters. The number of hydrogen-bond acceptors (Lipinski definition) is 4. The minimum Gasteiger partial charge on any atom is -0.428 e. The van der Waals surface area contributed by atoms with Crippen LogP contribution in [0.5, 0.6) is 11.5 Å². The average Bonchev–Trinajstić information content (AvgIpc) is 2.98. The molecule has 0 fully saturated rings. The van der Waals surface area contributed by atoms with E-state index in [9.17, 15) is 0 Å². The van der Waals surface area contributed by atoms with Gasteiger partial charge < -0.3 is 9.05 Å². The molecule has 0 amide bonds. The minimum absolute atomic E-state index is 0.154. The van der Waals surface area contributed by atoms with Gasteiger partial charge in [0.05, 0.1) is 0 Å². The number of unbranched alkanes of at least 4 members (excludes halogenated alkanes) is 10. The Labute approximate surface area is 260 Å². The van der Waals surface area contributed by atoms with Crippen molar-refractivity contribution >= 4 is 28.9 Å². The second-order valence-electron chi connectivity index (χ2n) is 11.1. The number of hydrogen-bond donors (Lipinski definition) is 0. The van der Waals surface area contributed by atoms with Crippen molar-refractivity contribution in [3.8, 4) is 11.5 Å². The maximum absolute atomic E-state index is 6.53. The highest BCUT2D eigenvalue weighted by Crippen LogP contribution is 2.64. The van der Waals surface area contributed by atoms with Crippen LogP contribution in [-0.2, 0) is 24.6 Å². The van der Waals surface area contributed by atoms with Gasteiger partial charge in [0.15, 0.2) is 0 Å². The molecule has 1 unspecified atom stereocenters. The molecule has 3 aromatic carbocycles. The summed E-state index contributed by atoms with van der Waals surface area (Å²) in [5.41, 5.74) is 1.20. The molecule has 3 rings (SSSR count). The molecule has 0 aliphatic rings. The smallest absolute Gasteiger partial charge is 0.349 e. The molecule has 3 aromatic rings. The molecule has 0 spiro atoms. The molecule has 0 aromatic heterocycles. The molecule has 0 heterocycles. The van der Waals surface area contributed by atoms with Crippen molar-refractivity contribution < 1.29 is 9.05 Å². The van der Waals surface area contributed by atoms with Gasteiger partial charge in [-0.1, -0.05) is 133 Å². The average molecular weight is 611 g/mol. The van der Waals surface area contributed by atoms with Crippen LogP contribution < -0.4 is 9.05 Å². The van der Waals surface area contributed by atoms with Crippen LogP contribution in [0.3, 0.4) is 0 Å². The van der Waals surface area contributed by atoms with Crippen LogP contribution in [0.25, 0.3) is 0 Å². The third-order valence-corrected chi connectivity index (χ3v) is 12.6. The van der Waals surface area contributed by atoms with E-state index in [0.29, 0.717) is 0 Å². The monoisotopic (exact) mass is 610 g/mol. The fourth-order valence-corrected chi connectivity index (χ4v) is 10.5. The standard InChI is InChI=1S/C36H51O2PS2/c1-4-6-8-10-12-15-19-32-23-27-35(28-24-32)37-39(40,41-31(3)34-21-17-14-18-22-34)38-36-29-25-33(26-30-36)20-16-13-11-9-7-5-2/h14,17-18,21-31H,4-13,15-16,19-20H2,1-3H3. The van der Waals surface area contributed by atoms with E-state index < -0.39 is 5.69 Å². The van der Waals surface area contributed by atoms with E-state index in [1.807, 2.05) is 6.07 Å². The lowest BCUT2D eigenvalue weighted by Gasteiger charge is -2.26. The third-order valence-electron chi connectivity index (χ3n) is 7.48. The van der Waals surface area contributed by atoms with Crippen molar-refractivity contribution in [3.05, 3.63) is 95.6 Å². The van der Waals surface area contributed by atoms with Crippen LogP contribution in [0.2, 0.25) is 0 Å². The molecule has 0 radical (unpaired) electrons. The molecule has 0 N–H and O–H groups in total. The van der Waals surface area contributed by atoms with Gasteiger partial charge in [-0.2, -0.15) is 0 Å². The predicted molar refractivity (Wildman–Crippen MR) is 185 cm³/mol. The zero-order valence-corrected chi connectivity index (χ0v) is 28.1. The Hall–Kier alpha value is -1.74. The summed E-state index contributed by atoms with van der Waals surface area (Å²) in [7, 11) is 0. The number of aryl methyl sites for hydroxylation is 2. The quantitative estimate of drug-likeness (QED) is 0.0882. The fraction of sp³-hybridized carbons (Fsp3) is 0.500. The third kappa shape index (κ3) is 13.4. The zero-order valence-electron chi connectivity index (χ0n) is 25.6. The van der Waals surface area contributed by atoms with E-state index in [1.165, 1.54) is 93.7 Å². The van der Waals surface area contributed by atoms with E-state index in [4.69, 9.17) is 20.9 Å². The van der Waals surface area contributed by atoms with Gasteiger partial charge in [-0.25, -0.2) is 0 Å². The molecule has 0 saturated heterocycles. The Balaban J connectivity index is 1.62. The number of benzene rings is 3. The molecule has 0 saturated carbocycles. The van der Waals surface area contributed by atoms with Crippen molar-refractivity contribution in [2.45, 2.75) is 116 Å². The number of rotatable bonds is 21. The van der Waals surface area contributed by atoms with Crippen LogP contribution in [-0.4, -0.2) is 0 Å². The summed E-state index contributed by atoms with van der Waals surface area (Å²) in [5.74, 6) is 1.57. The normalized spacial score (nSPS) is 12.3. The van der Waals surface area contributed by atoms with Crippen molar-refractivity contribution in [2.24, 2.45) is 0 Å². The Bertz CT molecular complexity index is 1070. The van der Waals surface area contributed by atoms with Crippen LogP contribution in [0.15, 0.2) is 78.9 Å². The van der Waals surface area contributed by atoms with Crippen LogP contribution in [0.4, 0.5) is 0 Å². The van der Waals surface area contributed by atoms with Crippen LogP contribution in [0, 0.1) is 0 Å². The second kappa shape index (κ2) is 19.4. The second-order valence-corrected chi connectivity index (χ2v) is 17.5. The van der Waals surface area contributed by atoms with Crippen molar-refractivity contribution in [2.75, 3.05) is 0 Å². The largest absolute Gasteiger partial charge is 0.428 e. The lowest BCUT2D eigenvalue weighted by Crippen LogP contribution is -2.01. The Kier molecular flexibility index (Phi) is 16.0. The van der Waals surface area contributed by atoms with E-state index in [0.717, 1.165) is 24.3 Å². The summed E-state index contributed by atoms with van der Waals surface area (Å²) in [5, 5.41) is 0.154. The van der Waals surface area contributed by atoms with Gasteiger partial charge in [0, 0.05) is 5.25 Å². The van der Waals surface area contributed by atoms with Crippen molar-refractivity contribution in [1.82, 2.24) is 0 Å². The maximum Gasteiger partial charge on any atom is 0.349 e. The molecule has 224 valence electrons. The van der Waals surface area contributed by atoms with Crippen molar-refractivity contribution in [3.63, 3.8) is 0 Å². The first kappa shape index (κ1) is 33.8. The highest BCUT2D eigenvalue weighted by molar-refractivity contribution is 8.68. The summed E-state index contributed by atoms with van der Waals surface area (Å²) in [6, 6.07) is 27.5. The van der Waals surface area contributed by atoms with Gasteiger partial charge in [0.25, 0.3) is 0 Å². The zero-order chi connectivity index (χ0) is 29.2. The lowest BCUT2D eigenvalue weighted by molar-refractivity contribution is 0.506. The van der Waals surface area contributed by atoms with E-state index in [1.54, 1.807) is 11.4 Å². The van der Waals surface area contributed by atoms with Gasteiger partial charge >= 0.3 is 5.69 Å². The molecule has 0 aliphatic carbocycles. The first-order valence-corrected chi connectivity index (χ1v) is 20.0. The molecule has 41 heavy (non-hydrogen) atoms. The Morgan fingerprint density at radius 2 is 1.00 bits per heavy atom. The summed E-state index contributed by atoms with van der Waals surface area (Å²) in [4.78, 5) is 0. The van der Waals surface area contributed by atoms with Crippen LogP contribution in [0.1, 0.15) is 120 Å². The first-order valence-electron chi connectivity index (χ1n) is 15.9. The fourth-order valence-electron chi connectivity index (χ4n) is 4.95. The first-order chi connectivity index (χ1) is 20.0. The molecule has 2 nitrogen and oxygen atoms in total. The van der Waals surface area contributed by atoms with E-state index in [-0.39, 0.29) is 5.25 Å². The Morgan fingerprint density at radius 3 is 1.44 bits per heavy atom. The van der Waals surface area contributed by atoms with Gasteiger partial charge in [0.2, 0.25) is 0 Å².